The maximum absolute atomic E-state index is 12.6. The van der Waals surface area contributed by atoms with Crippen LogP contribution in [0.25, 0.3) is 0 Å². The van der Waals surface area contributed by atoms with Gasteiger partial charge in [-0.25, -0.2) is 0 Å². The first-order valence-electron chi connectivity index (χ1n) is 17.5. The van der Waals surface area contributed by atoms with E-state index in [1.54, 1.807) is 0 Å². The SMILES string of the molecule is CCCCCCCC/C=C\CCCCCCCCCC(=O)Oc1ccc2c(c1)CC[C@@H]1[C@@H]2CC[C@]2(C)C(=O)CC[C@@H]12. The Morgan fingerprint density at radius 2 is 1.51 bits per heavy atom. The predicted molar refractivity (Wildman–Crippen MR) is 170 cm³/mol. The van der Waals surface area contributed by atoms with Crippen molar-refractivity contribution in [3.05, 3.63) is 41.5 Å². The van der Waals surface area contributed by atoms with E-state index in [1.807, 2.05) is 6.07 Å². The Hall–Kier alpha value is -1.90. The first kappa shape index (κ1) is 32.0. The summed E-state index contributed by atoms with van der Waals surface area (Å²) in [7, 11) is 0. The molecular formula is C38H58O3. The summed E-state index contributed by atoms with van der Waals surface area (Å²) in [5.74, 6) is 2.89. The van der Waals surface area contributed by atoms with Gasteiger partial charge in [0.2, 0.25) is 0 Å². The summed E-state index contributed by atoms with van der Waals surface area (Å²) in [6.07, 6.45) is 30.8. The molecule has 0 heterocycles. The number of esters is 1. The number of fused-ring (bicyclic) bond motifs is 5. The summed E-state index contributed by atoms with van der Waals surface area (Å²) in [5, 5.41) is 0. The summed E-state index contributed by atoms with van der Waals surface area (Å²) in [4.78, 5) is 25.1. The molecule has 228 valence electrons. The van der Waals surface area contributed by atoms with Crippen molar-refractivity contribution in [3.63, 3.8) is 0 Å². The third kappa shape index (κ3) is 9.04. The number of carbonyl (C=O) groups is 2. The van der Waals surface area contributed by atoms with Gasteiger partial charge >= 0.3 is 5.97 Å². The van der Waals surface area contributed by atoms with Gasteiger partial charge < -0.3 is 4.74 Å². The molecule has 0 amide bonds. The van der Waals surface area contributed by atoms with Gasteiger partial charge in [0, 0.05) is 18.3 Å². The third-order valence-corrected chi connectivity index (χ3v) is 10.8. The lowest BCUT2D eigenvalue weighted by Crippen LogP contribution is -2.42. The fourth-order valence-corrected chi connectivity index (χ4v) is 8.27. The van der Waals surface area contributed by atoms with Crippen LogP contribution in [0.3, 0.4) is 0 Å². The number of carbonyl (C=O) groups excluding carboxylic acids is 2. The Morgan fingerprint density at radius 1 is 0.854 bits per heavy atom. The van der Waals surface area contributed by atoms with Crippen molar-refractivity contribution >= 4 is 11.8 Å². The maximum atomic E-state index is 12.6. The van der Waals surface area contributed by atoms with Crippen molar-refractivity contribution in [3.8, 4) is 5.75 Å². The number of hydrogen-bond acceptors (Lipinski definition) is 3. The molecule has 1 aromatic carbocycles. The van der Waals surface area contributed by atoms with Crippen LogP contribution in [0.4, 0.5) is 0 Å². The van der Waals surface area contributed by atoms with Gasteiger partial charge in [0.25, 0.3) is 0 Å². The van der Waals surface area contributed by atoms with E-state index in [1.165, 1.54) is 101 Å². The molecule has 0 aliphatic heterocycles. The van der Waals surface area contributed by atoms with Gasteiger partial charge in [0.1, 0.15) is 11.5 Å². The molecule has 0 N–H and O–H groups in total. The van der Waals surface area contributed by atoms with Crippen LogP contribution in [-0.4, -0.2) is 11.8 Å². The Morgan fingerprint density at radius 3 is 2.22 bits per heavy atom. The standard InChI is InChI=1S/C38H58O3/c1-3-4-5-6-7-8-9-10-11-12-13-14-15-16-17-18-19-20-37(40)41-31-22-24-32-30(29-31)21-23-34-33(32)27-28-38(2)35(34)25-26-36(38)39/h10-11,22,24,29,33-35H,3-9,12-21,23,25-28H2,1-2H3/b11-10-/t33-,34-,35+,38+/m1/s1. The van der Waals surface area contributed by atoms with Crippen LogP contribution >= 0.6 is 0 Å². The Balaban J connectivity index is 1.03. The van der Waals surface area contributed by atoms with Gasteiger partial charge in [-0.2, -0.15) is 0 Å². The maximum Gasteiger partial charge on any atom is 0.311 e. The second-order valence-electron chi connectivity index (χ2n) is 13.7. The highest BCUT2D eigenvalue weighted by Gasteiger charge is 2.54. The smallest absolute Gasteiger partial charge is 0.311 e. The topological polar surface area (TPSA) is 43.4 Å². The molecule has 41 heavy (non-hydrogen) atoms. The van der Waals surface area contributed by atoms with Gasteiger partial charge in [-0.05, 0) is 105 Å². The number of unbranched alkanes of at least 4 members (excludes halogenated alkanes) is 13. The third-order valence-electron chi connectivity index (χ3n) is 10.8. The molecule has 0 spiro atoms. The number of allylic oxidation sites excluding steroid dienone is 2. The average Bonchev–Trinajstić information content (AvgIpc) is 3.28. The number of Topliss-reactive ketones (excluding diaryl/α,β-unsaturated/α-hetero) is 1. The lowest BCUT2D eigenvalue weighted by Gasteiger charge is -2.48. The normalized spacial score (nSPS) is 25.2. The zero-order valence-corrected chi connectivity index (χ0v) is 26.4. The minimum Gasteiger partial charge on any atom is -0.427 e. The van der Waals surface area contributed by atoms with E-state index < -0.39 is 0 Å². The summed E-state index contributed by atoms with van der Waals surface area (Å²) < 4.78 is 5.75. The van der Waals surface area contributed by atoms with Crippen molar-refractivity contribution < 1.29 is 14.3 Å². The van der Waals surface area contributed by atoms with E-state index in [2.05, 4.69) is 38.1 Å². The van der Waals surface area contributed by atoms with Crippen LogP contribution in [0.15, 0.2) is 30.4 Å². The van der Waals surface area contributed by atoms with E-state index in [9.17, 15) is 9.59 Å². The van der Waals surface area contributed by atoms with Gasteiger partial charge in [-0.15, -0.1) is 0 Å². The van der Waals surface area contributed by atoms with Crippen LogP contribution in [0, 0.1) is 17.3 Å². The van der Waals surface area contributed by atoms with E-state index in [4.69, 9.17) is 4.74 Å². The van der Waals surface area contributed by atoms with Crippen molar-refractivity contribution in [1.82, 2.24) is 0 Å². The number of aryl methyl sites for hydroxylation is 1. The molecule has 0 unspecified atom stereocenters. The van der Waals surface area contributed by atoms with Gasteiger partial charge in [0.05, 0.1) is 0 Å². The molecule has 0 bridgehead atoms. The molecule has 3 aliphatic carbocycles. The highest BCUT2D eigenvalue weighted by atomic mass is 16.5. The molecule has 2 saturated carbocycles. The number of benzene rings is 1. The van der Waals surface area contributed by atoms with Crippen LogP contribution in [0.1, 0.15) is 166 Å². The fourth-order valence-electron chi connectivity index (χ4n) is 8.27. The van der Waals surface area contributed by atoms with E-state index in [0.29, 0.717) is 35.7 Å². The lowest BCUT2D eigenvalue weighted by atomic mass is 9.55. The highest BCUT2D eigenvalue weighted by molar-refractivity contribution is 5.87. The predicted octanol–water partition coefficient (Wildman–Crippen LogP) is 10.8. The molecule has 3 aliphatic rings. The molecule has 2 fully saturated rings. The molecular weight excluding hydrogens is 504 g/mol. The molecule has 0 saturated heterocycles. The summed E-state index contributed by atoms with van der Waals surface area (Å²) in [5.41, 5.74) is 2.74. The first-order valence-corrected chi connectivity index (χ1v) is 17.5. The number of ketones is 1. The Bertz CT molecular complexity index is 993. The highest BCUT2D eigenvalue weighted by Crippen LogP contribution is 2.59. The molecule has 1 aromatic rings. The fraction of sp³-hybridized carbons (Fsp3) is 0.737. The second-order valence-corrected chi connectivity index (χ2v) is 13.7. The second kappa shape index (κ2) is 16.7. The van der Waals surface area contributed by atoms with Gasteiger partial charge in [0.15, 0.2) is 0 Å². The number of ether oxygens (including phenoxy) is 1. The van der Waals surface area contributed by atoms with Crippen molar-refractivity contribution in [2.75, 3.05) is 0 Å². The number of hydrogen-bond donors (Lipinski definition) is 0. The largest absolute Gasteiger partial charge is 0.427 e. The van der Waals surface area contributed by atoms with E-state index in [0.717, 1.165) is 44.9 Å². The quantitative estimate of drug-likeness (QED) is 0.0773. The summed E-state index contributed by atoms with van der Waals surface area (Å²) >= 11 is 0. The number of rotatable bonds is 18. The van der Waals surface area contributed by atoms with Gasteiger partial charge in [-0.3, -0.25) is 9.59 Å². The van der Waals surface area contributed by atoms with Crippen LogP contribution in [0.2, 0.25) is 0 Å². The van der Waals surface area contributed by atoms with Crippen molar-refractivity contribution in [2.45, 2.75) is 161 Å². The first-order chi connectivity index (χ1) is 20.0. The minimum atomic E-state index is -0.0933. The zero-order valence-electron chi connectivity index (χ0n) is 26.4. The monoisotopic (exact) mass is 562 g/mol. The molecule has 0 aromatic heterocycles. The van der Waals surface area contributed by atoms with E-state index >= 15 is 0 Å². The Kier molecular flexibility index (Phi) is 13.0. The summed E-state index contributed by atoms with van der Waals surface area (Å²) in [6.45, 7) is 4.51. The van der Waals surface area contributed by atoms with Crippen molar-refractivity contribution in [2.24, 2.45) is 17.3 Å². The molecule has 3 nitrogen and oxygen atoms in total. The van der Waals surface area contributed by atoms with E-state index in [-0.39, 0.29) is 11.4 Å². The Labute approximate surface area is 251 Å². The average molecular weight is 563 g/mol. The summed E-state index contributed by atoms with van der Waals surface area (Å²) in [6, 6.07) is 6.36. The molecule has 0 radical (unpaired) electrons. The lowest BCUT2D eigenvalue weighted by molar-refractivity contribution is -0.134. The van der Waals surface area contributed by atoms with Crippen molar-refractivity contribution in [1.29, 1.82) is 0 Å². The molecule has 3 heteroatoms. The van der Waals surface area contributed by atoms with Crippen LogP contribution in [0.5, 0.6) is 5.75 Å². The molecule has 4 atom stereocenters. The van der Waals surface area contributed by atoms with Gasteiger partial charge in [-0.1, -0.05) is 96.3 Å². The van der Waals surface area contributed by atoms with Crippen LogP contribution in [-0.2, 0) is 16.0 Å². The molecule has 4 rings (SSSR count). The minimum absolute atomic E-state index is 0.0713. The van der Waals surface area contributed by atoms with Crippen LogP contribution < -0.4 is 4.74 Å². The zero-order chi connectivity index (χ0) is 28.9.